The van der Waals surface area contributed by atoms with E-state index in [0.29, 0.717) is 28.5 Å². The largest absolute Gasteiger partial charge is 0.493 e. The molecule has 0 spiro atoms. The molecule has 0 aliphatic rings. The summed E-state index contributed by atoms with van der Waals surface area (Å²) in [6, 6.07) is 22.2. The highest BCUT2D eigenvalue weighted by Crippen LogP contribution is 2.31. The maximum absolute atomic E-state index is 12.5. The van der Waals surface area contributed by atoms with Crippen molar-refractivity contribution in [1.82, 2.24) is 9.55 Å². The van der Waals surface area contributed by atoms with Crippen LogP contribution in [-0.4, -0.2) is 22.6 Å². The maximum atomic E-state index is 12.5. The van der Waals surface area contributed by atoms with E-state index in [0.717, 1.165) is 12.1 Å². The number of amides is 1. The molecule has 1 heterocycles. The zero-order chi connectivity index (χ0) is 20.8. The first-order valence-electron chi connectivity index (χ1n) is 9.48. The summed E-state index contributed by atoms with van der Waals surface area (Å²) >= 11 is 0. The Labute approximate surface area is 174 Å². The molecule has 30 heavy (non-hydrogen) atoms. The molecule has 0 saturated heterocycles. The Morgan fingerprint density at radius 3 is 2.37 bits per heavy atom. The highest BCUT2D eigenvalue weighted by molar-refractivity contribution is 6.04. The van der Waals surface area contributed by atoms with E-state index < -0.39 is 0 Å². The molecule has 0 saturated carbocycles. The Kier molecular flexibility index (Phi) is 5.75. The Morgan fingerprint density at radius 2 is 1.70 bits per heavy atom. The van der Waals surface area contributed by atoms with Gasteiger partial charge in [0.15, 0.2) is 11.5 Å². The van der Waals surface area contributed by atoms with E-state index in [4.69, 9.17) is 9.47 Å². The second-order valence-corrected chi connectivity index (χ2v) is 6.66. The van der Waals surface area contributed by atoms with Crippen molar-refractivity contribution in [3.05, 3.63) is 103 Å². The lowest BCUT2D eigenvalue weighted by Crippen LogP contribution is -2.11. The molecule has 1 aromatic heterocycles. The Morgan fingerprint density at radius 1 is 0.967 bits per heavy atom. The van der Waals surface area contributed by atoms with E-state index in [1.165, 1.54) is 0 Å². The van der Waals surface area contributed by atoms with Crippen molar-refractivity contribution < 1.29 is 14.3 Å². The van der Waals surface area contributed by atoms with Gasteiger partial charge in [-0.15, -0.1) is 0 Å². The first kappa shape index (κ1) is 19.3. The van der Waals surface area contributed by atoms with E-state index in [9.17, 15) is 4.79 Å². The molecule has 0 aliphatic heterocycles. The summed E-state index contributed by atoms with van der Waals surface area (Å²) in [5.41, 5.74) is 2.39. The average Bonchev–Trinajstić information content (AvgIpc) is 3.29. The molecule has 1 amide bonds. The molecule has 150 valence electrons. The van der Waals surface area contributed by atoms with Crippen molar-refractivity contribution in [3.63, 3.8) is 0 Å². The van der Waals surface area contributed by atoms with E-state index in [1.54, 1.807) is 43.9 Å². The van der Waals surface area contributed by atoms with Gasteiger partial charge < -0.3 is 19.4 Å². The van der Waals surface area contributed by atoms with Crippen LogP contribution in [0.2, 0.25) is 0 Å². The van der Waals surface area contributed by atoms with Crippen LogP contribution in [0.25, 0.3) is 0 Å². The number of para-hydroxylation sites is 2. The van der Waals surface area contributed by atoms with Crippen molar-refractivity contribution in [1.29, 1.82) is 0 Å². The molecule has 6 heteroatoms. The standard InChI is InChI=1S/C24H21N3O3/c1-29-22-4-2-3-5-23(22)30-21-12-10-20(11-13-21)26-24(28)19-8-6-18(7-9-19)16-27-15-14-25-17-27/h2-15,17H,16H2,1H3,(H,26,28). The summed E-state index contributed by atoms with van der Waals surface area (Å²) in [6.07, 6.45) is 5.41. The number of aromatic nitrogens is 2. The topological polar surface area (TPSA) is 65.4 Å². The summed E-state index contributed by atoms with van der Waals surface area (Å²) in [5.74, 6) is 1.78. The van der Waals surface area contributed by atoms with Crippen molar-refractivity contribution in [2.24, 2.45) is 0 Å². The number of carbonyl (C=O) groups is 1. The van der Waals surface area contributed by atoms with Crippen LogP contribution >= 0.6 is 0 Å². The highest BCUT2D eigenvalue weighted by atomic mass is 16.5. The Bertz CT molecular complexity index is 1110. The van der Waals surface area contributed by atoms with Crippen LogP contribution in [0.3, 0.4) is 0 Å². The fourth-order valence-corrected chi connectivity index (χ4v) is 2.99. The minimum Gasteiger partial charge on any atom is -0.493 e. The fourth-order valence-electron chi connectivity index (χ4n) is 2.99. The van der Waals surface area contributed by atoms with Crippen LogP contribution in [0.4, 0.5) is 5.69 Å². The van der Waals surface area contributed by atoms with E-state index >= 15 is 0 Å². The summed E-state index contributed by atoms with van der Waals surface area (Å²) in [7, 11) is 1.60. The zero-order valence-electron chi connectivity index (χ0n) is 16.5. The van der Waals surface area contributed by atoms with Crippen LogP contribution in [-0.2, 0) is 6.54 Å². The minimum atomic E-state index is -0.164. The Balaban J connectivity index is 1.37. The van der Waals surface area contributed by atoms with E-state index in [1.807, 2.05) is 59.3 Å². The van der Waals surface area contributed by atoms with Crippen LogP contribution in [0, 0.1) is 0 Å². The molecule has 0 bridgehead atoms. The number of nitrogens with one attached hydrogen (secondary N) is 1. The third-order valence-electron chi connectivity index (χ3n) is 4.55. The van der Waals surface area contributed by atoms with Crippen LogP contribution in [0.5, 0.6) is 17.2 Å². The predicted molar refractivity (Wildman–Crippen MR) is 115 cm³/mol. The van der Waals surface area contributed by atoms with Gasteiger partial charge in [0.1, 0.15) is 5.75 Å². The van der Waals surface area contributed by atoms with Crippen molar-refractivity contribution in [3.8, 4) is 17.2 Å². The molecule has 0 atom stereocenters. The van der Waals surface area contributed by atoms with E-state index in [2.05, 4.69) is 10.3 Å². The molecule has 0 radical (unpaired) electrons. The second kappa shape index (κ2) is 8.96. The Hall–Kier alpha value is -4.06. The number of hydrogen-bond acceptors (Lipinski definition) is 4. The lowest BCUT2D eigenvalue weighted by molar-refractivity contribution is 0.102. The fraction of sp³-hybridized carbons (Fsp3) is 0.0833. The van der Waals surface area contributed by atoms with Gasteiger partial charge in [-0.1, -0.05) is 24.3 Å². The van der Waals surface area contributed by atoms with Crippen LogP contribution in [0.15, 0.2) is 91.5 Å². The molecule has 3 aromatic carbocycles. The van der Waals surface area contributed by atoms with Gasteiger partial charge in [-0.2, -0.15) is 0 Å². The summed E-state index contributed by atoms with van der Waals surface area (Å²) in [4.78, 5) is 16.6. The number of hydrogen-bond donors (Lipinski definition) is 1. The van der Waals surface area contributed by atoms with Crippen LogP contribution in [0.1, 0.15) is 15.9 Å². The van der Waals surface area contributed by atoms with Gasteiger partial charge in [-0.05, 0) is 54.1 Å². The normalized spacial score (nSPS) is 10.4. The molecular formula is C24H21N3O3. The molecule has 6 nitrogen and oxygen atoms in total. The molecular weight excluding hydrogens is 378 g/mol. The molecule has 0 fully saturated rings. The van der Waals surface area contributed by atoms with Crippen LogP contribution < -0.4 is 14.8 Å². The first-order valence-corrected chi connectivity index (χ1v) is 9.48. The van der Waals surface area contributed by atoms with Gasteiger partial charge in [0.05, 0.1) is 13.4 Å². The molecule has 4 rings (SSSR count). The van der Waals surface area contributed by atoms with E-state index in [-0.39, 0.29) is 5.91 Å². The highest BCUT2D eigenvalue weighted by Gasteiger charge is 2.08. The predicted octanol–water partition coefficient (Wildman–Crippen LogP) is 4.98. The third-order valence-corrected chi connectivity index (χ3v) is 4.55. The lowest BCUT2D eigenvalue weighted by Gasteiger charge is -2.11. The number of nitrogens with zero attached hydrogens (tertiary/aromatic N) is 2. The smallest absolute Gasteiger partial charge is 0.255 e. The van der Waals surface area contributed by atoms with Gasteiger partial charge in [-0.3, -0.25) is 4.79 Å². The zero-order valence-corrected chi connectivity index (χ0v) is 16.5. The van der Waals surface area contributed by atoms with Gasteiger partial charge >= 0.3 is 0 Å². The number of anilines is 1. The number of benzene rings is 3. The molecule has 0 aliphatic carbocycles. The van der Waals surface area contributed by atoms with Gasteiger partial charge in [0.2, 0.25) is 0 Å². The second-order valence-electron chi connectivity index (χ2n) is 6.66. The average molecular weight is 399 g/mol. The molecule has 0 unspecified atom stereocenters. The number of imidazole rings is 1. The van der Waals surface area contributed by atoms with Gasteiger partial charge in [-0.25, -0.2) is 4.98 Å². The SMILES string of the molecule is COc1ccccc1Oc1ccc(NC(=O)c2ccc(Cn3ccnc3)cc2)cc1. The van der Waals surface area contributed by atoms with Crippen molar-refractivity contribution in [2.45, 2.75) is 6.54 Å². The number of rotatable bonds is 7. The monoisotopic (exact) mass is 399 g/mol. The lowest BCUT2D eigenvalue weighted by atomic mass is 10.1. The number of methoxy groups -OCH3 is 1. The quantitative estimate of drug-likeness (QED) is 0.476. The maximum Gasteiger partial charge on any atom is 0.255 e. The number of ether oxygens (including phenoxy) is 2. The van der Waals surface area contributed by atoms with Crippen molar-refractivity contribution >= 4 is 11.6 Å². The summed E-state index contributed by atoms with van der Waals surface area (Å²) in [6.45, 7) is 0.718. The minimum absolute atomic E-state index is 0.164. The summed E-state index contributed by atoms with van der Waals surface area (Å²) in [5, 5.41) is 2.90. The summed E-state index contributed by atoms with van der Waals surface area (Å²) < 4.78 is 13.1. The van der Waals surface area contributed by atoms with Gasteiger partial charge in [0.25, 0.3) is 5.91 Å². The number of carbonyl (C=O) groups excluding carboxylic acids is 1. The first-order chi connectivity index (χ1) is 14.7. The third kappa shape index (κ3) is 4.67. The molecule has 1 N–H and O–H groups in total. The van der Waals surface area contributed by atoms with Crippen molar-refractivity contribution in [2.75, 3.05) is 12.4 Å². The van der Waals surface area contributed by atoms with Gasteiger partial charge in [0, 0.05) is 30.2 Å². The molecule has 4 aromatic rings.